The summed E-state index contributed by atoms with van der Waals surface area (Å²) in [5.41, 5.74) is 2.43. The number of hydrogen-bond donors (Lipinski definition) is 1. The van der Waals surface area contributed by atoms with Crippen molar-refractivity contribution in [3.8, 4) is 0 Å². The number of nitrogens with one attached hydrogen (secondary N) is 2. The first-order valence-corrected chi connectivity index (χ1v) is 9.23. The lowest BCUT2D eigenvalue weighted by Crippen LogP contribution is -2.31. The van der Waals surface area contributed by atoms with Crippen LogP contribution in [0.3, 0.4) is 0 Å². The molecule has 0 aliphatic rings. The van der Waals surface area contributed by atoms with Crippen molar-refractivity contribution >= 4 is 15.8 Å². The van der Waals surface area contributed by atoms with Crippen LogP contribution >= 0.6 is 0 Å². The Morgan fingerprint density at radius 3 is 2.35 bits per heavy atom. The van der Waals surface area contributed by atoms with Crippen LogP contribution in [0.25, 0.3) is 0 Å². The maximum absolute atomic E-state index is 12.4. The van der Waals surface area contributed by atoms with Crippen molar-refractivity contribution in [2.75, 3.05) is 18.4 Å². The number of aromatic nitrogens is 1. The van der Waals surface area contributed by atoms with E-state index in [1.54, 1.807) is 12.1 Å². The number of pyridine rings is 1. The molecule has 0 radical (unpaired) electrons. The maximum atomic E-state index is 12.4. The van der Waals surface area contributed by atoms with Gasteiger partial charge in [-0.1, -0.05) is 38.1 Å². The highest BCUT2D eigenvalue weighted by molar-refractivity contribution is 7.89. The van der Waals surface area contributed by atoms with Gasteiger partial charge in [-0.15, -0.1) is 0 Å². The fraction of sp³-hybridized carbons (Fsp3) is 0.353. The van der Waals surface area contributed by atoms with Gasteiger partial charge in [0.2, 0.25) is 10.0 Å². The summed E-state index contributed by atoms with van der Waals surface area (Å²) in [6, 6.07) is 11.5. The average molecular weight is 334 g/mol. The predicted octanol–water partition coefficient (Wildman–Crippen LogP) is 2.45. The van der Waals surface area contributed by atoms with Crippen LogP contribution in [-0.4, -0.2) is 25.8 Å². The number of nitrogens with zero attached hydrogens (tertiary/aromatic N) is 1. The predicted molar refractivity (Wildman–Crippen MR) is 91.6 cm³/mol. The van der Waals surface area contributed by atoms with Crippen molar-refractivity contribution in [2.24, 2.45) is 0 Å². The van der Waals surface area contributed by atoms with Crippen LogP contribution in [0.5, 0.6) is 0 Å². The molecule has 0 fully saturated rings. The highest BCUT2D eigenvalue weighted by atomic mass is 32.2. The van der Waals surface area contributed by atoms with Crippen LogP contribution in [-0.2, 0) is 16.6 Å². The molecular formula is C17H24N3O2S+. The summed E-state index contributed by atoms with van der Waals surface area (Å²) in [5, 5.41) is 3.27. The van der Waals surface area contributed by atoms with Gasteiger partial charge in [0, 0.05) is 19.2 Å². The van der Waals surface area contributed by atoms with Gasteiger partial charge in [-0.25, -0.2) is 13.4 Å². The van der Waals surface area contributed by atoms with Crippen LogP contribution < -0.4 is 10.3 Å². The molecule has 0 aliphatic heterocycles. The van der Waals surface area contributed by atoms with Crippen LogP contribution in [0.2, 0.25) is 0 Å². The molecule has 5 nitrogen and oxygen atoms in total. The number of benzene rings is 1. The van der Waals surface area contributed by atoms with E-state index in [0.717, 1.165) is 5.82 Å². The van der Waals surface area contributed by atoms with Gasteiger partial charge in [-0.05, 0) is 24.1 Å². The molecule has 0 aliphatic carbocycles. The Bertz CT molecular complexity index is 739. The zero-order valence-electron chi connectivity index (χ0n) is 13.8. The highest BCUT2D eigenvalue weighted by Crippen LogP contribution is 2.15. The van der Waals surface area contributed by atoms with E-state index >= 15 is 0 Å². The number of H-pyrrole nitrogens is 1. The van der Waals surface area contributed by atoms with E-state index in [4.69, 9.17) is 0 Å². The number of anilines is 1. The molecule has 6 heteroatoms. The lowest BCUT2D eigenvalue weighted by Gasteiger charge is -2.17. The summed E-state index contributed by atoms with van der Waals surface area (Å²) in [6.45, 7) is 7.36. The van der Waals surface area contributed by atoms with Crippen molar-refractivity contribution in [1.29, 1.82) is 0 Å². The number of aromatic amines is 1. The largest absolute Gasteiger partial charge is 0.272 e. The Labute approximate surface area is 138 Å². The quantitative estimate of drug-likeness (QED) is 0.846. The monoisotopic (exact) mass is 334 g/mol. The van der Waals surface area contributed by atoms with Crippen LogP contribution in [0, 0.1) is 6.92 Å². The lowest BCUT2D eigenvalue weighted by atomic mass is 10.1. The van der Waals surface area contributed by atoms with Gasteiger partial charge < -0.3 is 0 Å². The molecule has 0 amide bonds. The minimum absolute atomic E-state index is 0.280. The van der Waals surface area contributed by atoms with Crippen molar-refractivity contribution in [2.45, 2.75) is 32.2 Å². The lowest BCUT2D eigenvalue weighted by molar-refractivity contribution is -0.364. The highest BCUT2D eigenvalue weighted by Gasteiger charge is 2.22. The van der Waals surface area contributed by atoms with Crippen molar-refractivity contribution in [1.82, 2.24) is 4.31 Å². The molecule has 124 valence electrons. The molecule has 0 bridgehead atoms. The first-order valence-electron chi connectivity index (χ1n) is 7.79. The molecule has 1 heterocycles. The molecule has 1 aromatic carbocycles. The van der Waals surface area contributed by atoms with Gasteiger partial charge in [-0.3, -0.25) is 5.32 Å². The molecular weight excluding hydrogens is 310 g/mol. The first-order chi connectivity index (χ1) is 11.0. The third kappa shape index (κ3) is 4.09. The topological polar surface area (TPSA) is 63.6 Å². The second kappa shape index (κ2) is 7.57. The fourth-order valence-electron chi connectivity index (χ4n) is 2.39. The molecule has 2 aromatic rings. The number of hydrogen-bond acceptors (Lipinski definition) is 3. The Morgan fingerprint density at radius 2 is 1.78 bits per heavy atom. The van der Waals surface area contributed by atoms with E-state index in [1.165, 1.54) is 21.6 Å². The Kier molecular flexibility index (Phi) is 5.74. The van der Waals surface area contributed by atoms with Crippen LogP contribution in [0.15, 0.2) is 47.5 Å². The van der Waals surface area contributed by atoms with Gasteiger partial charge in [0.25, 0.3) is 5.82 Å². The van der Waals surface area contributed by atoms with Crippen LogP contribution in [0.4, 0.5) is 5.82 Å². The van der Waals surface area contributed by atoms with Gasteiger partial charge in [-0.2, -0.15) is 4.31 Å². The standard InChI is InChI=1S/C17H23N3O2S/c1-4-20(5-2)23(21,22)16-10-11-17(19-13-16)18-12-15-9-7-6-8-14(15)3/h6-11,13H,4-5,12H2,1-3H3,(H,18,19)/p+1. The Balaban J connectivity index is 2.09. The molecule has 23 heavy (non-hydrogen) atoms. The summed E-state index contributed by atoms with van der Waals surface area (Å²) in [5.74, 6) is 0.784. The maximum Gasteiger partial charge on any atom is 0.272 e. The summed E-state index contributed by atoms with van der Waals surface area (Å²) >= 11 is 0. The Morgan fingerprint density at radius 1 is 1.09 bits per heavy atom. The number of sulfonamides is 1. The zero-order valence-corrected chi connectivity index (χ0v) is 14.7. The summed E-state index contributed by atoms with van der Waals surface area (Å²) in [4.78, 5) is 3.30. The minimum Gasteiger partial charge on any atom is -0.270 e. The van der Waals surface area contributed by atoms with Gasteiger partial charge in [0.15, 0.2) is 0 Å². The normalized spacial score (nSPS) is 11.7. The van der Waals surface area contributed by atoms with Crippen molar-refractivity contribution in [3.63, 3.8) is 0 Å². The van der Waals surface area contributed by atoms with Gasteiger partial charge in [0.1, 0.15) is 17.6 Å². The van der Waals surface area contributed by atoms with E-state index in [9.17, 15) is 8.42 Å². The number of rotatable bonds is 7. The third-order valence-electron chi connectivity index (χ3n) is 3.86. The summed E-state index contributed by atoms with van der Waals surface area (Å²) in [6.07, 6.45) is 1.54. The molecule has 0 saturated heterocycles. The van der Waals surface area contributed by atoms with E-state index in [2.05, 4.69) is 29.4 Å². The van der Waals surface area contributed by atoms with Gasteiger partial charge in [0.05, 0.1) is 0 Å². The summed E-state index contributed by atoms with van der Waals surface area (Å²) in [7, 11) is -3.42. The molecule has 2 rings (SSSR count). The van der Waals surface area contributed by atoms with E-state index in [-0.39, 0.29) is 4.90 Å². The van der Waals surface area contributed by atoms with E-state index in [1.807, 2.05) is 26.0 Å². The first kappa shape index (κ1) is 17.4. The molecule has 0 spiro atoms. The SMILES string of the molecule is CCN(CC)S(=O)(=O)c1ccc(NCc2ccccc2C)[nH+]c1. The fourth-order valence-corrected chi connectivity index (χ4v) is 3.82. The number of aryl methyl sites for hydroxylation is 1. The van der Waals surface area contributed by atoms with E-state index < -0.39 is 10.0 Å². The smallest absolute Gasteiger partial charge is 0.270 e. The van der Waals surface area contributed by atoms with E-state index in [0.29, 0.717) is 19.6 Å². The second-order valence-corrected chi connectivity index (χ2v) is 7.25. The molecule has 0 atom stereocenters. The van der Waals surface area contributed by atoms with Crippen molar-refractivity contribution < 1.29 is 13.4 Å². The molecule has 0 unspecified atom stereocenters. The Hall–Kier alpha value is -1.92. The average Bonchev–Trinajstić information content (AvgIpc) is 2.55. The minimum atomic E-state index is -3.42. The second-order valence-electron chi connectivity index (χ2n) is 5.31. The molecule has 1 aromatic heterocycles. The zero-order chi connectivity index (χ0) is 16.9. The molecule has 0 saturated carbocycles. The van der Waals surface area contributed by atoms with Gasteiger partial charge >= 0.3 is 0 Å². The summed E-state index contributed by atoms with van der Waals surface area (Å²) < 4.78 is 26.3. The molecule has 2 N–H and O–H groups in total. The van der Waals surface area contributed by atoms with Crippen molar-refractivity contribution in [3.05, 3.63) is 53.7 Å². The third-order valence-corrected chi connectivity index (χ3v) is 5.90. The van der Waals surface area contributed by atoms with Crippen LogP contribution in [0.1, 0.15) is 25.0 Å².